The maximum atomic E-state index is 13.2. The SMILES string of the molecule is O=S(=O)(NCC1CCc2nc(C(F)(F)F)cn2C1)c1cccc(F)c1. The van der Waals surface area contributed by atoms with Gasteiger partial charge in [-0.3, -0.25) is 0 Å². The first-order valence-electron chi connectivity index (χ1n) is 7.53. The van der Waals surface area contributed by atoms with Gasteiger partial charge in [-0.1, -0.05) is 6.07 Å². The van der Waals surface area contributed by atoms with Crippen LogP contribution in [0.1, 0.15) is 17.9 Å². The fourth-order valence-corrected chi connectivity index (χ4v) is 3.91. The van der Waals surface area contributed by atoms with Gasteiger partial charge in [0.15, 0.2) is 5.69 Å². The molecule has 10 heteroatoms. The Morgan fingerprint density at radius 2 is 2.08 bits per heavy atom. The van der Waals surface area contributed by atoms with Crippen LogP contribution in [-0.2, 0) is 29.2 Å². The number of aryl methyl sites for hydroxylation is 1. The molecule has 0 spiro atoms. The van der Waals surface area contributed by atoms with Crippen LogP contribution >= 0.6 is 0 Å². The topological polar surface area (TPSA) is 64.0 Å². The second-order valence-electron chi connectivity index (χ2n) is 5.91. The third kappa shape index (κ3) is 4.01. The van der Waals surface area contributed by atoms with Crippen molar-refractivity contribution in [3.05, 3.63) is 47.8 Å². The van der Waals surface area contributed by atoms with E-state index in [0.717, 1.165) is 18.3 Å². The highest BCUT2D eigenvalue weighted by Crippen LogP contribution is 2.30. The van der Waals surface area contributed by atoms with E-state index in [-0.39, 0.29) is 23.9 Å². The summed E-state index contributed by atoms with van der Waals surface area (Å²) in [5, 5.41) is 0. The number of nitrogens with one attached hydrogen (secondary N) is 1. The molecule has 1 aliphatic heterocycles. The summed E-state index contributed by atoms with van der Waals surface area (Å²) in [5.41, 5.74) is -0.941. The Bertz CT molecular complexity index is 877. The van der Waals surface area contributed by atoms with E-state index in [1.54, 1.807) is 0 Å². The molecule has 2 heterocycles. The lowest BCUT2D eigenvalue weighted by Crippen LogP contribution is -2.33. The number of hydrogen-bond acceptors (Lipinski definition) is 3. The number of hydrogen-bond donors (Lipinski definition) is 1. The molecule has 0 bridgehead atoms. The summed E-state index contributed by atoms with van der Waals surface area (Å²) in [7, 11) is -3.87. The van der Waals surface area contributed by atoms with Crippen LogP contribution in [0.25, 0.3) is 0 Å². The van der Waals surface area contributed by atoms with Crippen molar-refractivity contribution in [2.45, 2.75) is 30.5 Å². The molecular weight excluding hydrogens is 362 g/mol. The molecule has 0 radical (unpaired) electrons. The Morgan fingerprint density at radius 1 is 1.32 bits per heavy atom. The zero-order valence-corrected chi connectivity index (χ0v) is 13.7. The van der Waals surface area contributed by atoms with Crippen LogP contribution in [0.3, 0.4) is 0 Å². The first kappa shape index (κ1) is 17.9. The molecule has 5 nitrogen and oxygen atoms in total. The molecule has 25 heavy (non-hydrogen) atoms. The summed E-state index contributed by atoms with van der Waals surface area (Å²) in [5.74, 6) is -0.494. The van der Waals surface area contributed by atoms with E-state index in [2.05, 4.69) is 9.71 Å². The van der Waals surface area contributed by atoms with Crippen LogP contribution in [0.2, 0.25) is 0 Å². The second kappa shape index (κ2) is 6.41. The highest BCUT2D eigenvalue weighted by molar-refractivity contribution is 7.89. The van der Waals surface area contributed by atoms with Gasteiger partial charge in [0.2, 0.25) is 10.0 Å². The number of alkyl halides is 3. The molecule has 1 aromatic carbocycles. The van der Waals surface area contributed by atoms with Gasteiger partial charge in [-0.05, 0) is 30.5 Å². The van der Waals surface area contributed by atoms with E-state index in [1.165, 1.54) is 16.7 Å². The first-order valence-corrected chi connectivity index (χ1v) is 9.02. The molecule has 136 valence electrons. The molecule has 0 saturated heterocycles. The van der Waals surface area contributed by atoms with E-state index < -0.39 is 27.7 Å². The highest BCUT2D eigenvalue weighted by atomic mass is 32.2. The lowest BCUT2D eigenvalue weighted by atomic mass is 10.00. The van der Waals surface area contributed by atoms with Crippen molar-refractivity contribution in [3.63, 3.8) is 0 Å². The van der Waals surface area contributed by atoms with Gasteiger partial charge in [0.25, 0.3) is 0 Å². The van der Waals surface area contributed by atoms with Crippen LogP contribution in [0.4, 0.5) is 17.6 Å². The fourth-order valence-electron chi connectivity index (χ4n) is 2.76. The van der Waals surface area contributed by atoms with E-state index in [9.17, 15) is 26.0 Å². The average Bonchev–Trinajstić information content (AvgIpc) is 2.96. The molecule has 1 N–H and O–H groups in total. The van der Waals surface area contributed by atoms with Crippen molar-refractivity contribution >= 4 is 10.0 Å². The zero-order chi connectivity index (χ0) is 18.2. The van der Waals surface area contributed by atoms with Crippen molar-refractivity contribution in [1.29, 1.82) is 0 Å². The number of rotatable bonds is 4. The Labute approximate surface area is 141 Å². The quantitative estimate of drug-likeness (QED) is 0.833. The number of fused-ring (bicyclic) bond motifs is 1. The van der Waals surface area contributed by atoms with Crippen LogP contribution < -0.4 is 4.72 Å². The predicted octanol–water partition coefficient (Wildman–Crippen LogP) is 2.58. The van der Waals surface area contributed by atoms with E-state index in [0.29, 0.717) is 18.7 Å². The minimum atomic E-state index is -4.50. The van der Waals surface area contributed by atoms with Crippen molar-refractivity contribution in [2.75, 3.05) is 6.54 Å². The first-order chi connectivity index (χ1) is 11.6. The normalized spacial score (nSPS) is 18.2. The lowest BCUT2D eigenvalue weighted by molar-refractivity contribution is -0.141. The molecule has 1 atom stereocenters. The van der Waals surface area contributed by atoms with Crippen molar-refractivity contribution in [1.82, 2.24) is 14.3 Å². The molecule has 2 aromatic rings. The van der Waals surface area contributed by atoms with E-state index >= 15 is 0 Å². The minimum Gasteiger partial charge on any atom is -0.334 e. The van der Waals surface area contributed by atoms with Crippen LogP contribution in [-0.4, -0.2) is 24.5 Å². The zero-order valence-electron chi connectivity index (χ0n) is 12.9. The molecule has 1 aromatic heterocycles. The predicted molar refractivity (Wildman–Crippen MR) is 80.6 cm³/mol. The highest BCUT2D eigenvalue weighted by Gasteiger charge is 2.35. The van der Waals surface area contributed by atoms with Gasteiger partial charge in [-0.25, -0.2) is 22.5 Å². The average molecular weight is 377 g/mol. The van der Waals surface area contributed by atoms with Crippen LogP contribution in [0, 0.1) is 11.7 Å². The summed E-state index contributed by atoms with van der Waals surface area (Å²) in [4.78, 5) is 3.39. The van der Waals surface area contributed by atoms with Crippen molar-refractivity contribution < 1.29 is 26.0 Å². The van der Waals surface area contributed by atoms with Gasteiger partial charge in [0.1, 0.15) is 11.6 Å². The summed E-state index contributed by atoms with van der Waals surface area (Å²) in [6.45, 7) is 0.294. The van der Waals surface area contributed by atoms with Gasteiger partial charge >= 0.3 is 6.18 Å². The Balaban J connectivity index is 1.66. The number of aromatic nitrogens is 2. The second-order valence-corrected chi connectivity index (χ2v) is 7.67. The summed E-state index contributed by atoms with van der Waals surface area (Å²) < 4.78 is 79.4. The Morgan fingerprint density at radius 3 is 2.76 bits per heavy atom. The van der Waals surface area contributed by atoms with Crippen molar-refractivity contribution in [2.24, 2.45) is 5.92 Å². The van der Waals surface area contributed by atoms with Crippen LogP contribution in [0.15, 0.2) is 35.4 Å². The smallest absolute Gasteiger partial charge is 0.334 e. The van der Waals surface area contributed by atoms with Gasteiger partial charge in [0.05, 0.1) is 4.90 Å². The lowest BCUT2D eigenvalue weighted by Gasteiger charge is -2.23. The van der Waals surface area contributed by atoms with Crippen molar-refractivity contribution in [3.8, 4) is 0 Å². The number of nitrogens with zero attached hydrogens (tertiary/aromatic N) is 2. The number of imidazole rings is 1. The molecule has 0 amide bonds. The molecule has 1 unspecified atom stereocenters. The molecule has 3 rings (SSSR count). The van der Waals surface area contributed by atoms with Gasteiger partial charge < -0.3 is 4.57 Å². The number of benzene rings is 1. The largest absolute Gasteiger partial charge is 0.434 e. The third-order valence-electron chi connectivity index (χ3n) is 4.05. The maximum Gasteiger partial charge on any atom is 0.434 e. The Kier molecular flexibility index (Phi) is 4.58. The fraction of sp³-hybridized carbons (Fsp3) is 0.400. The third-order valence-corrected chi connectivity index (χ3v) is 5.47. The molecule has 1 aliphatic rings. The Hall–Kier alpha value is -1.94. The summed E-state index contributed by atoms with van der Waals surface area (Å²) >= 11 is 0. The van der Waals surface area contributed by atoms with E-state index in [4.69, 9.17) is 0 Å². The van der Waals surface area contributed by atoms with Gasteiger partial charge in [-0.2, -0.15) is 13.2 Å². The summed E-state index contributed by atoms with van der Waals surface area (Å²) in [6.07, 6.45) is -2.70. The minimum absolute atomic E-state index is 0.0534. The molecule has 0 aliphatic carbocycles. The van der Waals surface area contributed by atoms with Gasteiger partial charge in [0, 0.05) is 25.7 Å². The molecule has 0 fully saturated rings. The van der Waals surface area contributed by atoms with Crippen LogP contribution in [0.5, 0.6) is 0 Å². The molecule has 0 saturated carbocycles. The maximum absolute atomic E-state index is 13.2. The monoisotopic (exact) mass is 377 g/mol. The standard InChI is InChI=1S/C15H15F4N3O2S/c16-11-2-1-3-12(6-11)25(23,24)20-7-10-4-5-14-21-13(15(17,18)19)9-22(14)8-10/h1-3,6,9-10,20H,4-5,7-8H2. The summed E-state index contributed by atoms with van der Waals surface area (Å²) in [6, 6.07) is 4.61. The number of sulfonamides is 1. The van der Waals surface area contributed by atoms with E-state index in [1.807, 2.05) is 0 Å². The number of halogens is 4. The molecular formula is C15H15F4N3O2S. The van der Waals surface area contributed by atoms with Gasteiger partial charge in [-0.15, -0.1) is 0 Å².